The van der Waals surface area contributed by atoms with Crippen molar-refractivity contribution in [2.45, 2.75) is 0 Å². The Morgan fingerprint density at radius 3 is 2.62 bits per heavy atom. The predicted molar refractivity (Wildman–Crippen MR) is 71.1 cm³/mol. The summed E-state index contributed by atoms with van der Waals surface area (Å²) in [6.07, 6.45) is 0. The molecule has 1 aromatic heterocycles. The van der Waals surface area contributed by atoms with Crippen molar-refractivity contribution in [3.05, 3.63) is 30.1 Å². The third-order valence-corrected chi connectivity index (χ3v) is 3.03. The van der Waals surface area contributed by atoms with Gasteiger partial charge in [0.2, 0.25) is 5.89 Å². The van der Waals surface area contributed by atoms with Crippen LogP contribution in [0.5, 0.6) is 0 Å². The molecule has 1 aromatic carbocycles. The molecule has 0 atom stereocenters. The van der Waals surface area contributed by atoms with E-state index >= 15 is 0 Å². The lowest BCUT2D eigenvalue weighted by Crippen LogP contribution is -2.43. The zero-order valence-corrected chi connectivity index (χ0v) is 11.1. The van der Waals surface area contributed by atoms with Crippen LogP contribution >= 0.6 is 0 Å². The molecule has 2 aromatic rings. The van der Waals surface area contributed by atoms with E-state index in [2.05, 4.69) is 15.5 Å². The molecule has 110 valence electrons. The molecule has 1 N–H and O–H groups in total. The lowest BCUT2D eigenvalue weighted by Gasteiger charge is -2.26. The van der Waals surface area contributed by atoms with E-state index < -0.39 is 0 Å². The highest BCUT2D eigenvalue weighted by atomic mass is 19.1. The second kappa shape index (κ2) is 5.88. The van der Waals surface area contributed by atoms with E-state index in [9.17, 15) is 9.18 Å². The molecule has 1 aliphatic heterocycles. The van der Waals surface area contributed by atoms with Gasteiger partial charge in [0.25, 0.3) is 0 Å². The fourth-order valence-corrected chi connectivity index (χ4v) is 1.92. The highest BCUT2D eigenvalue weighted by molar-refractivity contribution is 5.87. The Hall–Kier alpha value is -2.48. The summed E-state index contributed by atoms with van der Waals surface area (Å²) >= 11 is 0. The average molecular weight is 292 g/mol. The number of nitrogens with zero attached hydrogens (tertiary/aromatic N) is 3. The molecule has 0 spiro atoms. The van der Waals surface area contributed by atoms with Crippen LogP contribution in [0.4, 0.5) is 15.2 Å². The molecule has 1 fully saturated rings. The van der Waals surface area contributed by atoms with Gasteiger partial charge in [-0.1, -0.05) is 5.10 Å². The van der Waals surface area contributed by atoms with Crippen molar-refractivity contribution in [3.63, 3.8) is 0 Å². The molecule has 3 rings (SSSR count). The molecular formula is C13H13FN4O3. The third kappa shape index (κ3) is 3.16. The Morgan fingerprint density at radius 2 is 1.90 bits per heavy atom. The maximum atomic E-state index is 12.8. The summed E-state index contributed by atoms with van der Waals surface area (Å²) < 4.78 is 23.4. The van der Waals surface area contributed by atoms with E-state index in [1.165, 1.54) is 24.3 Å². The van der Waals surface area contributed by atoms with Crippen molar-refractivity contribution >= 4 is 12.0 Å². The molecule has 8 heteroatoms. The monoisotopic (exact) mass is 292 g/mol. The maximum Gasteiger partial charge on any atom is 0.325 e. The Morgan fingerprint density at radius 1 is 1.19 bits per heavy atom. The summed E-state index contributed by atoms with van der Waals surface area (Å²) in [5.74, 6) is -0.133. The fraction of sp³-hybridized carbons (Fsp3) is 0.308. The van der Waals surface area contributed by atoms with E-state index in [0.717, 1.165) is 0 Å². The number of benzene rings is 1. The van der Waals surface area contributed by atoms with Gasteiger partial charge in [0.15, 0.2) is 0 Å². The molecule has 2 heterocycles. The number of morpholine rings is 1. The van der Waals surface area contributed by atoms with Crippen LogP contribution in [0.1, 0.15) is 0 Å². The maximum absolute atomic E-state index is 12.8. The number of hydrogen-bond donors (Lipinski definition) is 1. The van der Waals surface area contributed by atoms with Gasteiger partial charge >= 0.3 is 12.0 Å². The molecule has 1 saturated heterocycles. The molecule has 0 radical (unpaired) electrons. The first kappa shape index (κ1) is 13.5. The van der Waals surface area contributed by atoms with Crippen molar-refractivity contribution in [3.8, 4) is 11.5 Å². The molecule has 2 amide bonds. The number of amides is 2. The zero-order valence-electron chi connectivity index (χ0n) is 11.1. The fourth-order valence-electron chi connectivity index (χ4n) is 1.92. The topological polar surface area (TPSA) is 80.5 Å². The van der Waals surface area contributed by atoms with Crippen LogP contribution in [0, 0.1) is 5.82 Å². The molecule has 0 saturated carbocycles. The number of hydrogen-bond acceptors (Lipinski definition) is 5. The van der Waals surface area contributed by atoms with Gasteiger partial charge in [0, 0.05) is 18.7 Å². The minimum atomic E-state index is -0.348. The summed E-state index contributed by atoms with van der Waals surface area (Å²) in [6, 6.07) is 5.34. The van der Waals surface area contributed by atoms with E-state index in [4.69, 9.17) is 9.15 Å². The predicted octanol–water partition coefficient (Wildman–Crippen LogP) is 1.74. The van der Waals surface area contributed by atoms with Crippen molar-refractivity contribution in [2.24, 2.45) is 0 Å². The van der Waals surface area contributed by atoms with E-state index in [1.807, 2.05) is 0 Å². The third-order valence-electron chi connectivity index (χ3n) is 3.03. The Balaban J connectivity index is 1.67. The second-order valence-electron chi connectivity index (χ2n) is 4.45. The van der Waals surface area contributed by atoms with Gasteiger partial charge in [-0.3, -0.25) is 5.32 Å². The number of halogens is 1. The smallest absolute Gasteiger partial charge is 0.325 e. The molecule has 0 bridgehead atoms. The minimum Gasteiger partial charge on any atom is -0.403 e. The van der Waals surface area contributed by atoms with Crippen LogP contribution in [0.3, 0.4) is 0 Å². The Labute approximate surface area is 119 Å². The number of aromatic nitrogens is 2. The Bertz CT molecular complexity index is 623. The first-order valence-corrected chi connectivity index (χ1v) is 6.45. The van der Waals surface area contributed by atoms with E-state index in [0.29, 0.717) is 31.9 Å². The van der Waals surface area contributed by atoms with Gasteiger partial charge in [0.05, 0.1) is 13.2 Å². The van der Waals surface area contributed by atoms with Crippen LogP contribution < -0.4 is 5.32 Å². The zero-order chi connectivity index (χ0) is 14.7. The van der Waals surface area contributed by atoms with Gasteiger partial charge in [-0.2, -0.15) is 0 Å². The lowest BCUT2D eigenvalue weighted by atomic mass is 10.2. The van der Waals surface area contributed by atoms with Crippen molar-refractivity contribution in [2.75, 3.05) is 31.6 Å². The minimum absolute atomic E-state index is 0.00539. The highest BCUT2D eigenvalue weighted by Gasteiger charge is 2.19. The van der Waals surface area contributed by atoms with Gasteiger partial charge in [-0.25, -0.2) is 9.18 Å². The number of nitrogens with one attached hydrogen (secondary N) is 1. The summed E-state index contributed by atoms with van der Waals surface area (Å²) in [5.41, 5.74) is 0.579. The van der Waals surface area contributed by atoms with Crippen molar-refractivity contribution in [1.82, 2.24) is 15.1 Å². The summed E-state index contributed by atoms with van der Waals surface area (Å²) in [6.45, 7) is 2.06. The number of carbonyl (C=O) groups excluding carboxylic acids is 1. The average Bonchev–Trinajstić information content (AvgIpc) is 2.97. The molecule has 21 heavy (non-hydrogen) atoms. The highest BCUT2D eigenvalue weighted by Crippen LogP contribution is 2.20. The molecule has 1 aliphatic rings. The number of urea groups is 1. The number of anilines is 1. The van der Waals surface area contributed by atoms with Crippen LogP contribution in [0.2, 0.25) is 0 Å². The summed E-state index contributed by atoms with van der Waals surface area (Å²) in [5, 5.41) is 10.1. The van der Waals surface area contributed by atoms with E-state index in [1.54, 1.807) is 4.90 Å². The van der Waals surface area contributed by atoms with Gasteiger partial charge in [0.1, 0.15) is 5.82 Å². The SMILES string of the molecule is O=C(Nc1nnc(-c2ccc(F)cc2)o1)N1CCOCC1. The quantitative estimate of drug-likeness (QED) is 0.912. The number of rotatable bonds is 2. The molecule has 0 aliphatic carbocycles. The summed E-state index contributed by atoms with van der Waals surface area (Å²) in [7, 11) is 0. The summed E-state index contributed by atoms with van der Waals surface area (Å²) in [4.78, 5) is 13.5. The standard InChI is InChI=1S/C13H13FN4O3/c14-10-3-1-9(2-4-10)11-16-17-12(21-11)15-13(19)18-5-7-20-8-6-18/h1-4H,5-8H2,(H,15,17,19). The first-order chi connectivity index (χ1) is 10.2. The van der Waals surface area contributed by atoms with Crippen LogP contribution in [0.15, 0.2) is 28.7 Å². The van der Waals surface area contributed by atoms with Crippen molar-refractivity contribution in [1.29, 1.82) is 0 Å². The molecule has 7 nitrogen and oxygen atoms in total. The van der Waals surface area contributed by atoms with Crippen LogP contribution in [-0.4, -0.2) is 47.4 Å². The Kier molecular flexibility index (Phi) is 3.78. The van der Waals surface area contributed by atoms with Gasteiger partial charge in [-0.15, -0.1) is 5.10 Å². The van der Waals surface area contributed by atoms with Crippen molar-refractivity contribution < 1.29 is 18.3 Å². The molecule has 0 unspecified atom stereocenters. The van der Waals surface area contributed by atoms with E-state index in [-0.39, 0.29) is 23.8 Å². The van der Waals surface area contributed by atoms with Gasteiger partial charge < -0.3 is 14.1 Å². The first-order valence-electron chi connectivity index (χ1n) is 6.45. The number of ether oxygens (including phenoxy) is 1. The van der Waals surface area contributed by atoms with Crippen LogP contribution in [-0.2, 0) is 4.74 Å². The lowest BCUT2D eigenvalue weighted by molar-refractivity contribution is 0.0563. The molecular weight excluding hydrogens is 279 g/mol. The second-order valence-corrected chi connectivity index (χ2v) is 4.45. The van der Waals surface area contributed by atoms with Gasteiger partial charge in [-0.05, 0) is 24.3 Å². The normalized spacial score (nSPS) is 15.0. The largest absolute Gasteiger partial charge is 0.403 e. The number of carbonyl (C=O) groups is 1. The van der Waals surface area contributed by atoms with Crippen LogP contribution in [0.25, 0.3) is 11.5 Å².